The summed E-state index contributed by atoms with van der Waals surface area (Å²) in [5.41, 5.74) is 2.43. The van der Waals surface area contributed by atoms with Crippen molar-refractivity contribution >= 4 is 11.6 Å². The van der Waals surface area contributed by atoms with Crippen LogP contribution in [-0.2, 0) is 6.42 Å². The summed E-state index contributed by atoms with van der Waals surface area (Å²) < 4.78 is 5.55. The maximum absolute atomic E-state index is 6.19. The molecule has 0 saturated heterocycles. The van der Waals surface area contributed by atoms with Gasteiger partial charge in [-0.2, -0.15) is 0 Å². The third-order valence-corrected chi connectivity index (χ3v) is 3.01. The van der Waals surface area contributed by atoms with Gasteiger partial charge in [-0.15, -0.1) is 0 Å². The van der Waals surface area contributed by atoms with E-state index in [1.807, 2.05) is 0 Å². The van der Waals surface area contributed by atoms with E-state index in [-0.39, 0.29) is 0 Å². The Morgan fingerprint density at radius 1 is 1.54 bits per heavy atom. The minimum Gasteiger partial charge on any atom is -0.491 e. The van der Waals surface area contributed by atoms with Crippen molar-refractivity contribution in [1.82, 2.24) is 0 Å². The van der Waals surface area contributed by atoms with E-state index in [1.54, 1.807) is 0 Å². The first-order chi connectivity index (χ1) is 6.24. The van der Waals surface area contributed by atoms with Crippen molar-refractivity contribution in [2.24, 2.45) is 0 Å². The van der Waals surface area contributed by atoms with Crippen molar-refractivity contribution in [3.63, 3.8) is 0 Å². The molecule has 1 atom stereocenters. The van der Waals surface area contributed by atoms with Crippen LogP contribution in [0.25, 0.3) is 0 Å². The Hall–Kier alpha value is -0.690. The van der Waals surface area contributed by atoms with Gasteiger partial charge in [0.05, 0.1) is 11.6 Å². The second kappa shape index (κ2) is 3.22. The molecule has 0 spiro atoms. The molecule has 0 aliphatic carbocycles. The normalized spacial score (nSPS) is 19.8. The van der Waals surface area contributed by atoms with Gasteiger partial charge in [0.1, 0.15) is 5.75 Å². The topological polar surface area (TPSA) is 9.23 Å². The average Bonchev–Trinajstić information content (AvgIpc) is 2.50. The summed E-state index contributed by atoms with van der Waals surface area (Å²) >= 11 is 6.19. The van der Waals surface area contributed by atoms with Gasteiger partial charge < -0.3 is 4.74 Å². The van der Waals surface area contributed by atoms with Crippen LogP contribution in [0.2, 0.25) is 5.02 Å². The first-order valence-electron chi connectivity index (χ1n) is 4.68. The van der Waals surface area contributed by atoms with E-state index in [4.69, 9.17) is 16.3 Å². The summed E-state index contributed by atoms with van der Waals surface area (Å²) in [6, 6.07) is 4.24. The summed E-state index contributed by atoms with van der Waals surface area (Å²) in [5.74, 6) is 1.40. The molecule has 1 aromatic rings. The first-order valence-corrected chi connectivity index (χ1v) is 5.06. The lowest BCUT2D eigenvalue weighted by atomic mass is 10.0. The average molecular weight is 197 g/mol. The van der Waals surface area contributed by atoms with Gasteiger partial charge in [0.25, 0.3) is 0 Å². The fourth-order valence-corrected chi connectivity index (χ4v) is 2.08. The maximum Gasteiger partial charge on any atom is 0.141 e. The molecule has 0 N–H and O–H groups in total. The second-order valence-electron chi connectivity index (χ2n) is 3.52. The number of hydrogen-bond acceptors (Lipinski definition) is 1. The second-order valence-corrected chi connectivity index (χ2v) is 3.90. The molecule has 0 saturated carbocycles. The maximum atomic E-state index is 6.19. The zero-order valence-electron chi connectivity index (χ0n) is 7.93. The number of fused-ring (bicyclic) bond motifs is 1. The van der Waals surface area contributed by atoms with E-state index in [1.165, 1.54) is 11.1 Å². The molecule has 2 heteroatoms. The van der Waals surface area contributed by atoms with Gasteiger partial charge >= 0.3 is 0 Å². The van der Waals surface area contributed by atoms with Gasteiger partial charge in [-0.25, -0.2) is 0 Å². The summed E-state index contributed by atoms with van der Waals surface area (Å²) in [6.45, 7) is 5.03. The van der Waals surface area contributed by atoms with Crippen LogP contribution in [0, 0.1) is 0 Å². The van der Waals surface area contributed by atoms with E-state index in [2.05, 4.69) is 26.0 Å². The molecule has 0 fully saturated rings. The standard InChI is InChI=1S/C11H13ClO/c1-3-8-4-5-9-7(2)6-13-11(9)10(8)12/h4-5,7H,3,6H2,1-2H3. The predicted molar refractivity (Wildman–Crippen MR) is 54.7 cm³/mol. The highest BCUT2D eigenvalue weighted by atomic mass is 35.5. The fraction of sp³-hybridized carbons (Fsp3) is 0.455. The molecule has 2 rings (SSSR count). The zero-order chi connectivity index (χ0) is 9.42. The number of rotatable bonds is 1. The highest BCUT2D eigenvalue weighted by Gasteiger charge is 2.23. The van der Waals surface area contributed by atoms with Gasteiger partial charge in [-0.05, 0) is 12.0 Å². The minimum atomic E-state index is 0.485. The van der Waals surface area contributed by atoms with Crippen LogP contribution >= 0.6 is 11.6 Å². The van der Waals surface area contributed by atoms with E-state index in [0.29, 0.717) is 5.92 Å². The quantitative estimate of drug-likeness (QED) is 0.669. The molecular formula is C11H13ClO. The van der Waals surface area contributed by atoms with Crippen molar-refractivity contribution in [2.75, 3.05) is 6.61 Å². The molecule has 1 unspecified atom stereocenters. The Kier molecular flexibility index (Phi) is 2.20. The molecule has 1 nitrogen and oxygen atoms in total. The van der Waals surface area contributed by atoms with Crippen molar-refractivity contribution in [2.45, 2.75) is 26.2 Å². The SMILES string of the molecule is CCc1ccc2c(c1Cl)OCC2C. The molecule has 1 aromatic carbocycles. The monoisotopic (exact) mass is 196 g/mol. The lowest BCUT2D eigenvalue weighted by Gasteiger charge is -2.06. The summed E-state index contributed by atoms with van der Waals surface area (Å²) in [7, 11) is 0. The minimum absolute atomic E-state index is 0.485. The number of hydrogen-bond donors (Lipinski definition) is 0. The Morgan fingerprint density at radius 2 is 2.31 bits per heavy atom. The number of halogens is 1. The molecule has 0 aromatic heterocycles. The Morgan fingerprint density at radius 3 is 3.00 bits per heavy atom. The van der Waals surface area contributed by atoms with Crippen LogP contribution in [0.3, 0.4) is 0 Å². The molecule has 13 heavy (non-hydrogen) atoms. The molecule has 1 heterocycles. The largest absolute Gasteiger partial charge is 0.491 e. The van der Waals surface area contributed by atoms with Crippen LogP contribution in [-0.4, -0.2) is 6.61 Å². The molecule has 1 aliphatic heterocycles. The van der Waals surface area contributed by atoms with Crippen molar-refractivity contribution < 1.29 is 4.74 Å². The third-order valence-electron chi connectivity index (χ3n) is 2.60. The third kappa shape index (κ3) is 1.31. The summed E-state index contributed by atoms with van der Waals surface area (Å²) in [4.78, 5) is 0. The van der Waals surface area contributed by atoms with E-state index >= 15 is 0 Å². The Labute approximate surface area is 83.7 Å². The van der Waals surface area contributed by atoms with E-state index in [0.717, 1.165) is 23.8 Å². The van der Waals surface area contributed by atoms with Crippen LogP contribution in [0.4, 0.5) is 0 Å². The molecule has 1 aliphatic rings. The van der Waals surface area contributed by atoms with Crippen molar-refractivity contribution in [1.29, 1.82) is 0 Å². The molecule has 0 bridgehead atoms. The molecule has 0 amide bonds. The highest BCUT2D eigenvalue weighted by molar-refractivity contribution is 6.33. The lowest BCUT2D eigenvalue weighted by molar-refractivity contribution is 0.337. The lowest BCUT2D eigenvalue weighted by Crippen LogP contribution is -1.93. The van der Waals surface area contributed by atoms with E-state index in [9.17, 15) is 0 Å². The van der Waals surface area contributed by atoms with Crippen LogP contribution in [0.15, 0.2) is 12.1 Å². The van der Waals surface area contributed by atoms with Gasteiger partial charge in [0.15, 0.2) is 0 Å². The number of aryl methyl sites for hydroxylation is 1. The predicted octanol–water partition coefficient (Wildman–Crippen LogP) is 3.40. The number of benzene rings is 1. The molecule has 70 valence electrons. The Balaban J connectivity index is 2.54. The van der Waals surface area contributed by atoms with Crippen molar-refractivity contribution in [3.05, 3.63) is 28.3 Å². The van der Waals surface area contributed by atoms with Gasteiger partial charge in [-0.3, -0.25) is 0 Å². The Bertz CT molecular complexity index is 333. The molecule has 0 radical (unpaired) electrons. The highest BCUT2D eigenvalue weighted by Crippen LogP contribution is 2.41. The fourth-order valence-electron chi connectivity index (χ4n) is 1.72. The van der Waals surface area contributed by atoms with Gasteiger partial charge in [0, 0.05) is 11.5 Å². The first kappa shape index (κ1) is 8.89. The van der Waals surface area contributed by atoms with Crippen molar-refractivity contribution in [3.8, 4) is 5.75 Å². The van der Waals surface area contributed by atoms with Gasteiger partial charge in [0.2, 0.25) is 0 Å². The zero-order valence-corrected chi connectivity index (χ0v) is 8.69. The number of ether oxygens (including phenoxy) is 1. The van der Waals surface area contributed by atoms with Crippen LogP contribution in [0.1, 0.15) is 30.9 Å². The van der Waals surface area contributed by atoms with E-state index < -0.39 is 0 Å². The summed E-state index contributed by atoms with van der Waals surface area (Å²) in [6.07, 6.45) is 0.962. The smallest absolute Gasteiger partial charge is 0.141 e. The molecular weight excluding hydrogens is 184 g/mol. The summed E-state index contributed by atoms with van der Waals surface area (Å²) in [5, 5.41) is 0.810. The van der Waals surface area contributed by atoms with Crippen LogP contribution < -0.4 is 4.74 Å². The van der Waals surface area contributed by atoms with Crippen LogP contribution in [0.5, 0.6) is 5.75 Å². The van der Waals surface area contributed by atoms with Gasteiger partial charge in [-0.1, -0.05) is 37.6 Å².